The maximum Gasteiger partial charge on any atom is 0.225 e. The number of carbonyl (C=O) groups is 1. The summed E-state index contributed by atoms with van der Waals surface area (Å²) in [6, 6.07) is 7.38. The van der Waals surface area contributed by atoms with Crippen molar-refractivity contribution in [2.24, 2.45) is 0 Å². The van der Waals surface area contributed by atoms with Crippen LogP contribution in [0.1, 0.15) is 36.5 Å². The molecule has 0 saturated heterocycles. The van der Waals surface area contributed by atoms with E-state index >= 15 is 0 Å². The van der Waals surface area contributed by atoms with E-state index in [9.17, 15) is 4.79 Å². The zero-order chi connectivity index (χ0) is 15.5. The first-order valence-corrected chi connectivity index (χ1v) is 7.89. The van der Waals surface area contributed by atoms with E-state index in [2.05, 4.69) is 17.2 Å². The normalized spacial score (nSPS) is 13.7. The number of carbonyl (C=O) groups excluding carboxylic acids is 1. The molecule has 4 nitrogen and oxygen atoms in total. The van der Waals surface area contributed by atoms with Crippen molar-refractivity contribution in [2.45, 2.75) is 39.2 Å². The number of nitrogen functional groups attached to an aromatic ring is 1. The van der Waals surface area contributed by atoms with Crippen LogP contribution in [0.3, 0.4) is 0 Å². The van der Waals surface area contributed by atoms with E-state index in [-0.39, 0.29) is 5.91 Å². The fraction of sp³-hybridized carbons (Fsp3) is 0.375. The second-order valence-corrected chi connectivity index (χ2v) is 6.30. The van der Waals surface area contributed by atoms with Crippen molar-refractivity contribution in [3.63, 3.8) is 0 Å². The summed E-state index contributed by atoms with van der Waals surface area (Å²) in [7, 11) is 0. The Kier molecular flexibility index (Phi) is 4.63. The molecule has 0 radical (unpaired) electrons. The third-order valence-electron chi connectivity index (χ3n) is 3.56. The van der Waals surface area contributed by atoms with Crippen molar-refractivity contribution in [1.82, 2.24) is 10.3 Å². The number of benzene rings is 1. The molecule has 1 amide bonds. The molecule has 1 heterocycles. The fourth-order valence-corrected chi connectivity index (χ4v) is 3.06. The van der Waals surface area contributed by atoms with Crippen LogP contribution in [0.4, 0.5) is 5.69 Å². The second-order valence-electron chi connectivity index (χ2n) is 5.45. The van der Waals surface area contributed by atoms with Crippen molar-refractivity contribution < 1.29 is 4.79 Å². The Balaban J connectivity index is 2.07. The number of nitrogens with one attached hydrogen (secondary N) is 1. The van der Waals surface area contributed by atoms with E-state index < -0.39 is 5.54 Å². The highest BCUT2D eigenvalue weighted by Gasteiger charge is 2.29. The summed E-state index contributed by atoms with van der Waals surface area (Å²) in [4.78, 5) is 16.8. The van der Waals surface area contributed by atoms with E-state index in [1.165, 1.54) is 0 Å². The Bertz CT molecular complexity index is 621. The molecule has 0 aliphatic heterocycles. The van der Waals surface area contributed by atoms with Crippen LogP contribution in [-0.4, -0.2) is 10.9 Å². The molecule has 3 N–H and O–H groups in total. The largest absolute Gasteiger partial charge is 0.399 e. The summed E-state index contributed by atoms with van der Waals surface area (Å²) in [5.41, 5.74) is 7.89. The molecule has 0 spiro atoms. The van der Waals surface area contributed by atoms with Gasteiger partial charge in [0.15, 0.2) is 0 Å². The number of hydrogen-bond acceptors (Lipinski definition) is 4. The van der Waals surface area contributed by atoms with Gasteiger partial charge in [-0.3, -0.25) is 4.79 Å². The highest BCUT2D eigenvalue weighted by Crippen LogP contribution is 2.27. The summed E-state index contributed by atoms with van der Waals surface area (Å²) in [6.07, 6.45) is 1.15. The molecule has 1 aromatic carbocycles. The SMILES string of the molecule is CCC(C)(NC(=O)Cc1ccc(N)cc1)c1nc(C)cs1. The first-order valence-electron chi connectivity index (χ1n) is 7.01. The van der Waals surface area contributed by atoms with Gasteiger partial charge in [0.25, 0.3) is 0 Å². The first-order chi connectivity index (χ1) is 9.93. The topological polar surface area (TPSA) is 68.0 Å². The van der Waals surface area contributed by atoms with E-state index in [1.54, 1.807) is 11.3 Å². The van der Waals surface area contributed by atoms with Gasteiger partial charge in [-0.1, -0.05) is 19.1 Å². The Morgan fingerprint density at radius 2 is 2.05 bits per heavy atom. The number of aryl methyl sites for hydroxylation is 1. The second kappa shape index (κ2) is 6.26. The zero-order valence-corrected chi connectivity index (χ0v) is 13.5. The average molecular weight is 303 g/mol. The predicted octanol–water partition coefficient (Wildman–Crippen LogP) is 3.02. The van der Waals surface area contributed by atoms with Crippen molar-refractivity contribution in [1.29, 1.82) is 0 Å². The van der Waals surface area contributed by atoms with Gasteiger partial charge in [-0.2, -0.15) is 0 Å². The summed E-state index contributed by atoms with van der Waals surface area (Å²) in [5, 5.41) is 6.07. The number of anilines is 1. The fourth-order valence-electron chi connectivity index (χ4n) is 2.07. The minimum atomic E-state index is -0.413. The first kappa shape index (κ1) is 15.5. The van der Waals surface area contributed by atoms with Gasteiger partial charge < -0.3 is 11.1 Å². The van der Waals surface area contributed by atoms with Gasteiger partial charge in [0.05, 0.1) is 12.0 Å². The Hall–Kier alpha value is -1.88. The quantitative estimate of drug-likeness (QED) is 0.834. The van der Waals surface area contributed by atoms with E-state index in [4.69, 9.17) is 5.73 Å². The third kappa shape index (κ3) is 3.82. The Morgan fingerprint density at radius 1 is 1.38 bits per heavy atom. The maximum absolute atomic E-state index is 12.3. The molecule has 0 aliphatic rings. The van der Waals surface area contributed by atoms with Gasteiger partial charge in [0, 0.05) is 16.8 Å². The average Bonchev–Trinajstić information content (AvgIpc) is 2.88. The lowest BCUT2D eigenvalue weighted by Gasteiger charge is -2.27. The molecule has 0 fully saturated rings. The number of hydrogen-bond donors (Lipinski definition) is 2. The lowest BCUT2D eigenvalue weighted by atomic mass is 9.99. The van der Waals surface area contributed by atoms with Crippen LogP contribution in [0.5, 0.6) is 0 Å². The highest BCUT2D eigenvalue weighted by atomic mass is 32.1. The molecular weight excluding hydrogens is 282 g/mol. The van der Waals surface area contributed by atoms with Crippen LogP contribution in [-0.2, 0) is 16.8 Å². The van der Waals surface area contributed by atoms with Gasteiger partial charge in [0.2, 0.25) is 5.91 Å². The molecule has 112 valence electrons. The van der Waals surface area contributed by atoms with Crippen LogP contribution < -0.4 is 11.1 Å². The Labute approximate surface area is 129 Å². The summed E-state index contributed by atoms with van der Waals surface area (Å²) < 4.78 is 0. The van der Waals surface area contributed by atoms with Gasteiger partial charge in [-0.05, 0) is 38.0 Å². The molecule has 2 aromatic rings. The minimum absolute atomic E-state index is 0.00280. The van der Waals surface area contributed by atoms with Gasteiger partial charge in [-0.15, -0.1) is 11.3 Å². The molecular formula is C16H21N3OS. The van der Waals surface area contributed by atoms with Gasteiger partial charge in [-0.25, -0.2) is 4.98 Å². The maximum atomic E-state index is 12.3. The monoisotopic (exact) mass is 303 g/mol. The van der Waals surface area contributed by atoms with E-state index in [0.29, 0.717) is 12.1 Å². The van der Waals surface area contributed by atoms with Gasteiger partial charge in [0.1, 0.15) is 5.01 Å². The number of amides is 1. The lowest BCUT2D eigenvalue weighted by Crippen LogP contribution is -2.43. The molecule has 0 aliphatic carbocycles. The molecule has 1 unspecified atom stereocenters. The van der Waals surface area contributed by atoms with Crippen LogP contribution in [0, 0.1) is 6.92 Å². The third-order valence-corrected chi connectivity index (χ3v) is 4.78. The molecule has 2 rings (SSSR count). The van der Waals surface area contributed by atoms with Crippen LogP contribution in [0.25, 0.3) is 0 Å². The molecule has 0 saturated carbocycles. The smallest absolute Gasteiger partial charge is 0.225 e. The number of rotatable bonds is 5. The van der Waals surface area contributed by atoms with Crippen LogP contribution in [0.2, 0.25) is 0 Å². The number of thiazole rings is 1. The zero-order valence-electron chi connectivity index (χ0n) is 12.6. The predicted molar refractivity (Wildman–Crippen MR) is 87.2 cm³/mol. The summed E-state index contributed by atoms with van der Waals surface area (Å²) >= 11 is 1.59. The van der Waals surface area contributed by atoms with Gasteiger partial charge >= 0.3 is 0 Å². The number of nitrogens with two attached hydrogens (primary N) is 1. The van der Waals surface area contributed by atoms with Crippen LogP contribution in [0.15, 0.2) is 29.6 Å². The molecule has 1 aromatic heterocycles. The van der Waals surface area contributed by atoms with Crippen molar-refractivity contribution >= 4 is 22.9 Å². The van der Waals surface area contributed by atoms with Crippen molar-refractivity contribution in [2.75, 3.05) is 5.73 Å². The minimum Gasteiger partial charge on any atom is -0.399 e. The van der Waals surface area contributed by atoms with Crippen LogP contribution >= 0.6 is 11.3 Å². The molecule has 0 bridgehead atoms. The van der Waals surface area contributed by atoms with Crippen molar-refractivity contribution in [3.05, 3.63) is 45.9 Å². The lowest BCUT2D eigenvalue weighted by molar-refractivity contribution is -0.122. The van der Waals surface area contributed by atoms with E-state index in [1.807, 2.05) is 43.5 Å². The summed E-state index contributed by atoms with van der Waals surface area (Å²) in [6.45, 7) is 6.04. The highest BCUT2D eigenvalue weighted by molar-refractivity contribution is 7.09. The van der Waals surface area contributed by atoms with Crippen molar-refractivity contribution in [3.8, 4) is 0 Å². The standard InChI is InChI=1S/C16H21N3OS/c1-4-16(3,15-18-11(2)10-21-15)19-14(20)9-12-5-7-13(17)8-6-12/h5-8,10H,4,9,17H2,1-3H3,(H,19,20). The number of nitrogens with zero attached hydrogens (tertiary/aromatic N) is 1. The summed E-state index contributed by atoms with van der Waals surface area (Å²) in [5.74, 6) is -0.00280. The number of aromatic nitrogens is 1. The molecule has 5 heteroatoms. The molecule has 1 atom stereocenters. The van der Waals surface area contributed by atoms with E-state index in [0.717, 1.165) is 22.7 Å². The Morgan fingerprint density at radius 3 is 2.57 bits per heavy atom. The molecule has 21 heavy (non-hydrogen) atoms.